The molecule has 1 saturated heterocycles. The first kappa shape index (κ1) is 17.2. The number of piperidine rings is 1. The molecule has 1 atom stereocenters. The van der Waals surface area contributed by atoms with Gasteiger partial charge in [0.25, 0.3) is 0 Å². The number of likely N-dealkylation sites (tertiary alicyclic amines) is 1. The average molecular weight is 354 g/mol. The number of hydrogen-bond donors (Lipinski definition) is 2. The Morgan fingerprint density at radius 3 is 2.58 bits per heavy atom. The number of amides is 1. The minimum Gasteiger partial charge on any atom is -0.444 e. The van der Waals surface area contributed by atoms with Crippen LogP contribution < -0.4 is 5.32 Å². The maximum atomic E-state index is 12.3. The Kier molecular flexibility index (Phi) is 4.07. The van der Waals surface area contributed by atoms with Crippen LogP contribution in [0.15, 0.2) is 30.3 Å². The van der Waals surface area contributed by atoms with Crippen molar-refractivity contribution in [2.75, 3.05) is 18.4 Å². The van der Waals surface area contributed by atoms with E-state index in [1.54, 1.807) is 0 Å². The summed E-state index contributed by atoms with van der Waals surface area (Å²) in [6.45, 7) is 7.11. The molecular weight excluding hydrogens is 328 g/mol. The highest BCUT2D eigenvalue weighted by Gasteiger charge is 2.29. The van der Waals surface area contributed by atoms with E-state index < -0.39 is 11.8 Å². The molecule has 26 heavy (non-hydrogen) atoms. The Hall–Kier alpha value is -2.27. The average Bonchev–Trinajstić information content (AvgIpc) is 2.92. The number of anilines is 1. The van der Waals surface area contributed by atoms with Gasteiger partial charge < -0.3 is 20.1 Å². The van der Waals surface area contributed by atoms with E-state index in [-0.39, 0.29) is 6.09 Å². The lowest BCUT2D eigenvalue weighted by Gasteiger charge is -2.34. The number of rotatable bonds is 1. The second kappa shape index (κ2) is 6.16. The molecule has 5 heteroatoms. The van der Waals surface area contributed by atoms with E-state index in [1.165, 1.54) is 10.9 Å². The molecule has 0 radical (unpaired) electrons. The fourth-order valence-electron chi connectivity index (χ4n) is 4.09. The Morgan fingerprint density at radius 1 is 1.15 bits per heavy atom. The van der Waals surface area contributed by atoms with Crippen LogP contribution in [0, 0.1) is 0 Å². The molecule has 0 bridgehead atoms. The molecule has 1 unspecified atom stereocenters. The van der Waals surface area contributed by atoms with Crippen LogP contribution in [0.5, 0.6) is 0 Å². The van der Waals surface area contributed by atoms with Gasteiger partial charge in [0.1, 0.15) is 5.60 Å². The molecule has 2 N–H and O–H groups in total. The van der Waals surface area contributed by atoms with Gasteiger partial charge in [-0.1, -0.05) is 24.3 Å². The largest absolute Gasteiger partial charge is 0.444 e. The van der Waals surface area contributed by atoms with Crippen molar-refractivity contribution in [3.63, 3.8) is 0 Å². The molecule has 1 fully saturated rings. The van der Waals surface area contributed by atoms with Crippen LogP contribution in [0.4, 0.5) is 10.5 Å². The first-order chi connectivity index (χ1) is 12.3. The summed E-state index contributed by atoms with van der Waals surface area (Å²) < 4.78 is 5.49. The topological polar surface area (TPSA) is 61.8 Å². The van der Waals surface area contributed by atoms with E-state index in [0.717, 1.165) is 29.5 Å². The van der Waals surface area contributed by atoms with E-state index in [4.69, 9.17) is 4.74 Å². The molecule has 0 saturated carbocycles. The third kappa shape index (κ3) is 3.01. The van der Waals surface area contributed by atoms with Gasteiger partial charge >= 0.3 is 6.09 Å². The summed E-state index contributed by atoms with van der Waals surface area (Å²) in [5.41, 5.74) is 2.80. The van der Waals surface area contributed by atoms with E-state index in [1.807, 2.05) is 37.8 Å². The number of aliphatic hydroxyl groups excluding tert-OH is 1. The molecule has 2 heterocycles. The van der Waals surface area contributed by atoms with Gasteiger partial charge in [0, 0.05) is 29.7 Å². The number of carbonyl (C=O) groups is 1. The van der Waals surface area contributed by atoms with Gasteiger partial charge in [0.15, 0.2) is 6.23 Å². The number of nitrogens with zero attached hydrogens (tertiary/aromatic N) is 1. The summed E-state index contributed by atoms with van der Waals surface area (Å²) in [6, 6.07) is 10.4. The fraction of sp³-hybridized carbons (Fsp3) is 0.476. The summed E-state index contributed by atoms with van der Waals surface area (Å²) in [7, 11) is 0. The van der Waals surface area contributed by atoms with Gasteiger partial charge in [-0.15, -0.1) is 0 Å². The first-order valence-corrected chi connectivity index (χ1v) is 9.31. The van der Waals surface area contributed by atoms with Crippen LogP contribution in [0.3, 0.4) is 0 Å². The van der Waals surface area contributed by atoms with Crippen LogP contribution in [-0.2, 0) is 4.74 Å². The molecule has 138 valence electrons. The molecular formula is C21H26N2O3. The molecule has 2 aliphatic heterocycles. The second-order valence-electron chi connectivity index (χ2n) is 8.26. The Morgan fingerprint density at radius 2 is 1.88 bits per heavy atom. The van der Waals surface area contributed by atoms with Crippen molar-refractivity contribution in [1.29, 1.82) is 0 Å². The molecule has 0 aliphatic carbocycles. The second-order valence-corrected chi connectivity index (χ2v) is 8.26. The monoisotopic (exact) mass is 354 g/mol. The predicted molar refractivity (Wildman–Crippen MR) is 102 cm³/mol. The predicted octanol–water partition coefficient (Wildman–Crippen LogP) is 4.37. The van der Waals surface area contributed by atoms with Gasteiger partial charge in [-0.05, 0) is 56.5 Å². The fourth-order valence-corrected chi connectivity index (χ4v) is 4.09. The Labute approximate surface area is 153 Å². The smallest absolute Gasteiger partial charge is 0.410 e. The molecule has 0 aromatic heterocycles. The normalized spacial score (nSPS) is 20.3. The Bertz CT molecular complexity index is 848. The summed E-state index contributed by atoms with van der Waals surface area (Å²) in [6.07, 6.45) is 1.00. The third-order valence-electron chi connectivity index (χ3n) is 5.28. The van der Waals surface area contributed by atoms with Crippen molar-refractivity contribution >= 4 is 22.6 Å². The van der Waals surface area contributed by atoms with Crippen LogP contribution in [0.1, 0.15) is 56.9 Å². The molecule has 2 aromatic rings. The molecule has 0 spiro atoms. The summed E-state index contributed by atoms with van der Waals surface area (Å²) in [5, 5.41) is 15.7. The van der Waals surface area contributed by atoms with Crippen LogP contribution >= 0.6 is 0 Å². The number of hydrogen-bond acceptors (Lipinski definition) is 4. The van der Waals surface area contributed by atoms with E-state index in [0.29, 0.717) is 19.0 Å². The third-order valence-corrected chi connectivity index (χ3v) is 5.28. The maximum Gasteiger partial charge on any atom is 0.410 e. The highest BCUT2D eigenvalue weighted by molar-refractivity contribution is 6.01. The minimum atomic E-state index is -0.627. The van der Waals surface area contributed by atoms with Gasteiger partial charge in [-0.3, -0.25) is 0 Å². The number of benzene rings is 2. The number of ether oxygens (including phenoxy) is 1. The summed E-state index contributed by atoms with van der Waals surface area (Å²) >= 11 is 0. The Balaban J connectivity index is 1.54. The van der Waals surface area contributed by atoms with Crippen LogP contribution in [0.25, 0.3) is 10.8 Å². The van der Waals surface area contributed by atoms with E-state index in [9.17, 15) is 9.90 Å². The van der Waals surface area contributed by atoms with Gasteiger partial charge in [0.2, 0.25) is 0 Å². The van der Waals surface area contributed by atoms with Crippen LogP contribution in [-0.4, -0.2) is 34.8 Å². The highest BCUT2D eigenvalue weighted by atomic mass is 16.6. The van der Waals surface area contributed by atoms with Crippen molar-refractivity contribution < 1.29 is 14.6 Å². The lowest BCUT2D eigenvalue weighted by atomic mass is 9.85. The standard InChI is InChI=1S/C21H26N2O3/c1-21(2,3)26-20(25)23-11-9-13(10-12-23)14-7-8-17-18-15(14)5-4-6-16(18)19(24)22-17/h4-8,13,19,22,24H,9-12H2,1-3H3. The van der Waals surface area contributed by atoms with Gasteiger partial charge in [-0.25, -0.2) is 4.79 Å². The van der Waals surface area contributed by atoms with Crippen molar-refractivity contribution in [3.05, 3.63) is 41.5 Å². The van der Waals surface area contributed by atoms with E-state index in [2.05, 4.69) is 23.5 Å². The number of aliphatic hydroxyl groups is 1. The minimum absolute atomic E-state index is 0.219. The van der Waals surface area contributed by atoms with Gasteiger partial charge in [0.05, 0.1) is 0 Å². The quantitative estimate of drug-likeness (QED) is 0.798. The number of carbonyl (C=O) groups excluding carboxylic acids is 1. The zero-order chi connectivity index (χ0) is 18.5. The zero-order valence-electron chi connectivity index (χ0n) is 15.6. The SMILES string of the molecule is CC(C)(C)OC(=O)N1CCC(c2ccc3c4c(cccc24)C(O)N3)CC1. The zero-order valence-corrected chi connectivity index (χ0v) is 15.6. The highest BCUT2D eigenvalue weighted by Crippen LogP contribution is 2.42. The first-order valence-electron chi connectivity index (χ1n) is 9.31. The van der Waals surface area contributed by atoms with Crippen molar-refractivity contribution in [3.8, 4) is 0 Å². The van der Waals surface area contributed by atoms with Gasteiger partial charge in [-0.2, -0.15) is 0 Å². The molecule has 2 aliphatic rings. The van der Waals surface area contributed by atoms with E-state index >= 15 is 0 Å². The lowest BCUT2D eigenvalue weighted by Crippen LogP contribution is -2.41. The summed E-state index contributed by atoms with van der Waals surface area (Å²) in [5.74, 6) is 0.413. The van der Waals surface area contributed by atoms with Crippen molar-refractivity contribution in [1.82, 2.24) is 4.90 Å². The number of nitrogens with one attached hydrogen (secondary N) is 1. The maximum absolute atomic E-state index is 12.3. The molecule has 2 aromatic carbocycles. The van der Waals surface area contributed by atoms with Crippen LogP contribution in [0.2, 0.25) is 0 Å². The lowest BCUT2D eigenvalue weighted by molar-refractivity contribution is 0.0205. The molecule has 4 rings (SSSR count). The molecule has 1 amide bonds. The molecule has 5 nitrogen and oxygen atoms in total. The van der Waals surface area contributed by atoms with Crippen molar-refractivity contribution in [2.24, 2.45) is 0 Å². The van der Waals surface area contributed by atoms with Crippen molar-refractivity contribution in [2.45, 2.75) is 51.4 Å². The summed E-state index contributed by atoms with van der Waals surface area (Å²) in [4.78, 5) is 14.1.